The lowest BCUT2D eigenvalue weighted by atomic mass is 10.1. The van der Waals surface area contributed by atoms with Crippen molar-refractivity contribution >= 4 is 17.5 Å². The highest BCUT2D eigenvalue weighted by atomic mass is 16.3. The van der Waals surface area contributed by atoms with Gasteiger partial charge in [0.1, 0.15) is 11.5 Å². The van der Waals surface area contributed by atoms with E-state index in [-0.39, 0.29) is 30.9 Å². The molecule has 1 heterocycles. The summed E-state index contributed by atoms with van der Waals surface area (Å²) in [6.07, 6.45) is 0.908. The van der Waals surface area contributed by atoms with E-state index < -0.39 is 0 Å². The molecule has 3 N–H and O–H groups in total. The Hall–Kier alpha value is -2.60. The number of hydrogen-bond donors (Lipinski definition) is 3. The molecule has 0 aliphatic carbocycles. The van der Waals surface area contributed by atoms with E-state index in [0.29, 0.717) is 29.2 Å². The highest BCUT2D eigenvalue weighted by Crippen LogP contribution is 2.17. The molecule has 0 radical (unpaired) electrons. The number of carbonyl (C=O) groups is 2. The van der Waals surface area contributed by atoms with Crippen LogP contribution < -0.4 is 10.6 Å². The van der Waals surface area contributed by atoms with Crippen LogP contribution in [-0.2, 0) is 11.2 Å². The van der Waals surface area contributed by atoms with Gasteiger partial charge in [-0.25, -0.2) is 0 Å². The molecule has 1 atom stereocenters. The van der Waals surface area contributed by atoms with Crippen LogP contribution in [-0.4, -0.2) is 29.6 Å². The summed E-state index contributed by atoms with van der Waals surface area (Å²) >= 11 is 0. The molecule has 0 spiro atoms. The minimum Gasteiger partial charge on any atom is -0.466 e. The Kier molecular flexibility index (Phi) is 6.36. The maximum atomic E-state index is 12.2. The van der Waals surface area contributed by atoms with Gasteiger partial charge in [-0.3, -0.25) is 9.59 Å². The number of benzene rings is 1. The molecule has 2 rings (SSSR count). The third-order valence-corrected chi connectivity index (χ3v) is 3.94. The molecule has 1 unspecified atom stereocenters. The highest BCUT2D eigenvalue weighted by Gasteiger charge is 2.14. The van der Waals surface area contributed by atoms with Gasteiger partial charge in [0.25, 0.3) is 5.91 Å². The summed E-state index contributed by atoms with van der Waals surface area (Å²) in [5.41, 5.74) is 1.99. The summed E-state index contributed by atoms with van der Waals surface area (Å²) in [7, 11) is 0. The molecule has 0 saturated heterocycles. The fourth-order valence-corrected chi connectivity index (χ4v) is 2.50. The van der Waals surface area contributed by atoms with E-state index in [1.807, 2.05) is 6.92 Å². The zero-order valence-electron chi connectivity index (χ0n) is 14.8. The molecule has 0 saturated carbocycles. The van der Waals surface area contributed by atoms with Crippen molar-refractivity contribution in [3.05, 3.63) is 53.0 Å². The van der Waals surface area contributed by atoms with Crippen LogP contribution in [0.15, 0.2) is 34.7 Å². The monoisotopic (exact) mass is 344 g/mol. The first-order chi connectivity index (χ1) is 11.9. The third kappa shape index (κ3) is 5.19. The van der Waals surface area contributed by atoms with Crippen molar-refractivity contribution in [1.82, 2.24) is 5.32 Å². The Balaban J connectivity index is 1.94. The SMILES string of the molecule is CCC(CO)NC(=O)Cc1ccc(NC(=O)c2cc(C)oc2C)cc1. The van der Waals surface area contributed by atoms with Crippen molar-refractivity contribution in [3.63, 3.8) is 0 Å². The van der Waals surface area contributed by atoms with Gasteiger partial charge in [-0.05, 0) is 44.0 Å². The van der Waals surface area contributed by atoms with Gasteiger partial charge < -0.3 is 20.2 Å². The van der Waals surface area contributed by atoms with Crippen LogP contribution >= 0.6 is 0 Å². The molecule has 0 fully saturated rings. The Labute approximate surface area is 147 Å². The molecule has 6 heteroatoms. The van der Waals surface area contributed by atoms with E-state index in [1.165, 1.54) is 0 Å². The van der Waals surface area contributed by atoms with Crippen LogP contribution in [0.4, 0.5) is 5.69 Å². The number of nitrogens with one attached hydrogen (secondary N) is 2. The van der Waals surface area contributed by atoms with Gasteiger partial charge in [0, 0.05) is 5.69 Å². The second kappa shape index (κ2) is 8.48. The molecular weight excluding hydrogens is 320 g/mol. The van der Waals surface area contributed by atoms with Gasteiger partial charge in [-0.1, -0.05) is 19.1 Å². The number of hydrogen-bond acceptors (Lipinski definition) is 4. The van der Waals surface area contributed by atoms with E-state index >= 15 is 0 Å². The van der Waals surface area contributed by atoms with Crippen molar-refractivity contribution in [2.45, 2.75) is 39.7 Å². The number of furan rings is 1. The van der Waals surface area contributed by atoms with Crippen molar-refractivity contribution in [2.24, 2.45) is 0 Å². The fraction of sp³-hybridized carbons (Fsp3) is 0.368. The first-order valence-electron chi connectivity index (χ1n) is 8.30. The van der Waals surface area contributed by atoms with Crippen LogP contribution in [0.2, 0.25) is 0 Å². The maximum Gasteiger partial charge on any atom is 0.259 e. The van der Waals surface area contributed by atoms with E-state index in [1.54, 1.807) is 44.2 Å². The maximum absolute atomic E-state index is 12.2. The van der Waals surface area contributed by atoms with Crippen LogP contribution in [0, 0.1) is 13.8 Å². The minimum absolute atomic E-state index is 0.0693. The Bertz CT molecular complexity index is 730. The van der Waals surface area contributed by atoms with E-state index in [0.717, 1.165) is 5.56 Å². The van der Waals surface area contributed by atoms with Crippen molar-refractivity contribution in [1.29, 1.82) is 0 Å². The molecule has 0 bridgehead atoms. The van der Waals surface area contributed by atoms with Gasteiger partial charge in [0.15, 0.2) is 0 Å². The van der Waals surface area contributed by atoms with Gasteiger partial charge in [0.2, 0.25) is 5.91 Å². The van der Waals surface area contributed by atoms with Crippen LogP contribution in [0.25, 0.3) is 0 Å². The molecular formula is C19H24N2O4. The van der Waals surface area contributed by atoms with Gasteiger partial charge >= 0.3 is 0 Å². The Morgan fingerprint density at radius 1 is 1.20 bits per heavy atom. The molecule has 1 aromatic heterocycles. The lowest BCUT2D eigenvalue weighted by Gasteiger charge is -2.14. The van der Waals surface area contributed by atoms with Gasteiger partial charge in [-0.2, -0.15) is 0 Å². The van der Waals surface area contributed by atoms with E-state index in [9.17, 15) is 9.59 Å². The summed E-state index contributed by atoms with van der Waals surface area (Å²) in [5, 5.41) is 14.7. The Morgan fingerprint density at radius 3 is 2.40 bits per heavy atom. The minimum atomic E-state index is -0.228. The molecule has 0 aliphatic rings. The first-order valence-corrected chi connectivity index (χ1v) is 8.30. The fourth-order valence-electron chi connectivity index (χ4n) is 2.50. The highest BCUT2D eigenvalue weighted by molar-refractivity contribution is 6.05. The number of amides is 2. The zero-order chi connectivity index (χ0) is 18.4. The number of aryl methyl sites for hydroxylation is 2. The average Bonchev–Trinajstić information content (AvgIpc) is 2.93. The van der Waals surface area contributed by atoms with Crippen LogP contribution in [0.5, 0.6) is 0 Å². The number of aliphatic hydroxyl groups excluding tert-OH is 1. The standard InChI is InChI=1S/C19H24N2O4/c1-4-15(11-22)20-18(23)10-14-5-7-16(8-6-14)21-19(24)17-9-12(2)25-13(17)3/h5-9,15,22H,4,10-11H2,1-3H3,(H,20,23)(H,21,24). The largest absolute Gasteiger partial charge is 0.466 e. The smallest absolute Gasteiger partial charge is 0.259 e. The predicted octanol–water partition coefficient (Wildman–Crippen LogP) is 2.58. The van der Waals surface area contributed by atoms with Crippen LogP contribution in [0.1, 0.15) is 40.8 Å². The van der Waals surface area contributed by atoms with Crippen molar-refractivity contribution in [3.8, 4) is 0 Å². The second-order valence-corrected chi connectivity index (χ2v) is 6.01. The summed E-state index contributed by atoms with van der Waals surface area (Å²) < 4.78 is 5.36. The summed E-state index contributed by atoms with van der Waals surface area (Å²) in [4.78, 5) is 24.2. The van der Waals surface area contributed by atoms with E-state index in [4.69, 9.17) is 9.52 Å². The molecule has 2 amide bonds. The first kappa shape index (κ1) is 18.7. The third-order valence-electron chi connectivity index (χ3n) is 3.94. The average molecular weight is 344 g/mol. The molecule has 25 heavy (non-hydrogen) atoms. The normalized spacial score (nSPS) is 11.8. The van der Waals surface area contributed by atoms with Crippen LogP contribution in [0.3, 0.4) is 0 Å². The quantitative estimate of drug-likeness (QED) is 0.720. The van der Waals surface area contributed by atoms with Crippen molar-refractivity contribution in [2.75, 3.05) is 11.9 Å². The second-order valence-electron chi connectivity index (χ2n) is 6.01. The van der Waals surface area contributed by atoms with Crippen molar-refractivity contribution < 1.29 is 19.1 Å². The summed E-state index contributed by atoms with van der Waals surface area (Å²) in [6.45, 7) is 5.38. The van der Waals surface area contributed by atoms with Gasteiger partial charge in [-0.15, -0.1) is 0 Å². The molecule has 134 valence electrons. The Morgan fingerprint density at radius 2 is 1.88 bits per heavy atom. The number of anilines is 1. The number of rotatable bonds is 7. The summed E-state index contributed by atoms with van der Waals surface area (Å²) in [6, 6.07) is 8.59. The lowest BCUT2D eigenvalue weighted by molar-refractivity contribution is -0.121. The molecule has 0 aliphatic heterocycles. The predicted molar refractivity (Wildman–Crippen MR) is 95.6 cm³/mol. The molecule has 1 aromatic carbocycles. The van der Waals surface area contributed by atoms with Gasteiger partial charge in [0.05, 0.1) is 24.6 Å². The van der Waals surface area contributed by atoms with E-state index in [2.05, 4.69) is 10.6 Å². The lowest BCUT2D eigenvalue weighted by Crippen LogP contribution is -2.37. The number of carbonyl (C=O) groups excluding carboxylic acids is 2. The number of aliphatic hydroxyl groups is 1. The zero-order valence-corrected chi connectivity index (χ0v) is 14.8. The topological polar surface area (TPSA) is 91.6 Å². The molecule has 6 nitrogen and oxygen atoms in total. The molecule has 2 aromatic rings. The summed E-state index contributed by atoms with van der Waals surface area (Å²) in [5.74, 6) is 0.908.